The second kappa shape index (κ2) is 7.74. The maximum absolute atomic E-state index is 12.2. The van der Waals surface area contributed by atoms with Crippen LogP contribution in [0, 0.1) is 5.92 Å². The highest BCUT2D eigenvalue weighted by Gasteiger charge is 2.26. The van der Waals surface area contributed by atoms with E-state index in [9.17, 15) is 9.59 Å². The number of carbonyl (C=O) groups excluding carboxylic acids is 2. The Bertz CT molecular complexity index is 553. The molecule has 2 atom stereocenters. The van der Waals surface area contributed by atoms with Crippen molar-refractivity contribution in [2.24, 2.45) is 5.92 Å². The molecule has 1 aliphatic carbocycles. The fourth-order valence-corrected chi connectivity index (χ4v) is 3.62. The van der Waals surface area contributed by atoms with Crippen molar-refractivity contribution in [2.45, 2.75) is 38.6 Å². The third kappa shape index (κ3) is 4.31. The van der Waals surface area contributed by atoms with Crippen LogP contribution in [0.2, 0.25) is 0 Å². The molecule has 8 heteroatoms. The van der Waals surface area contributed by atoms with Crippen LogP contribution in [0.25, 0.3) is 0 Å². The van der Waals surface area contributed by atoms with Crippen molar-refractivity contribution in [3.8, 4) is 0 Å². The van der Waals surface area contributed by atoms with Gasteiger partial charge in [-0.3, -0.25) is 14.5 Å². The minimum absolute atomic E-state index is 0.102. The average Bonchev–Trinajstić information content (AvgIpc) is 3.09. The van der Waals surface area contributed by atoms with E-state index >= 15 is 0 Å². The molecular weight excluding hydrogens is 308 g/mol. The van der Waals surface area contributed by atoms with Crippen molar-refractivity contribution in [1.29, 1.82) is 0 Å². The van der Waals surface area contributed by atoms with Crippen LogP contribution in [-0.4, -0.2) is 75.8 Å². The molecule has 0 spiro atoms. The highest BCUT2D eigenvalue weighted by molar-refractivity contribution is 5.92. The normalized spacial score (nSPS) is 25.5. The van der Waals surface area contributed by atoms with E-state index in [1.807, 2.05) is 0 Å². The molecule has 1 aromatic rings. The molecule has 2 heterocycles. The van der Waals surface area contributed by atoms with Crippen LogP contribution < -0.4 is 5.32 Å². The molecule has 0 unspecified atom stereocenters. The quantitative estimate of drug-likeness (QED) is 0.823. The zero-order chi connectivity index (χ0) is 16.9. The lowest BCUT2D eigenvalue weighted by atomic mass is 9.87. The Morgan fingerprint density at radius 1 is 1.29 bits per heavy atom. The Morgan fingerprint density at radius 3 is 2.75 bits per heavy atom. The van der Waals surface area contributed by atoms with Gasteiger partial charge < -0.3 is 10.2 Å². The molecule has 0 bridgehead atoms. The first-order chi connectivity index (χ1) is 11.6. The molecular formula is C16H26N6O2. The van der Waals surface area contributed by atoms with Gasteiger partial charge in [0.25, 0.3) is 5.91 Å². The Kier molecular flexibility index (Phi) is 5.44. The fraction of sp³-hybridized carbons (Fsp3) is 0.750. The van der Waals surface area contributed by atoms with Crippen LogP contribution in [0.1, 0.15) is 43.1 Å². The number of hydrogen-bond acceptors (Lipinski definition) is 5. The molecule has 0 radical (unpaired) electrons. The summed E-state index contributed by atoms with van der Waals surface area (Å²) in [6.07, 6.45) is 6.10. The molecule has 2 N–H and O–H groups in total. The minimum Gasteiger partial charge on any atom is -0.352 e. The van der Waals surface area contributed by atoms with Gasteiger partial charge in [-0.2, -0.15) is 15.4 Å². The zero-order valence-electron chi connectivity index (χ0n) is 14.2. The summed E-state index contributed by atoms with van der Waals surface area (Å²) in [7, 11) is 0. The van der Waals surface area contributed by atoms with Gasteiger partial charge in [-0.05, 0) is 18.8 Å². The predicted octanol–water partition coefficient (Wildman–Crippen LogP) is 0.257. The molecule has 1 aliphatic heterocycles. The average molecular weight is 334 g/mol. The van der Waals surface area contributed by atoms with Crippen molar-refractivity contribution >= 4 is 11.8 Å². The molecule has 1 saturated heterocycles. The van der Waals surface area contributed by atoms with Crippen molar-refractivity contribution in [1.82, 2.24) is 30.5 Å². The number of rotatable bonds is 4. The van der Waals surface area contributed by atoms with Gasteiger partial charge in [-0.15, -0.1) is 0 Å². The maximum Gasteiger partial charge on any atom is 0.276 e. The monoisotopic (exact) mass is 334 g/mol. The first kappa shape index (κ1) is 16.9. The van der Waals surface area contributed by atoms with E-state index in [0.717, 1.165) is 12.8 Å². The van der Waals surface area contributed by atoms with Gasteiger partial charge >= 0.3 is 0 Å². The molecule has 1 saturated carbocycles. The summed E-state index contributed by atoms with van der Waals surface area (Å²) in [6, 6.07) is 0.330. The molecule has 2 aliphatic rings. The van der Waals surface area contributed by atoms with Crippen LogP contribution in [0.4, 0.5) is 0 Å². The summed E-state index contributed by atoms with van der Waals surface area (Å²) in [6.45, 7) is 5.30. The van der Waals surface area contributed by atoms with Crippen LogP contribution in [0.15, 0.2) is 6.20 Å². The second-order valence-corrected chi connectivity index (χ2v) is 6.96. The number of nitrogens with one attached hydrogen (secondary N) is 2. The summed E-state index contributed by atoms with van der Waals surface area (Å²) in [5, 5.41) is 13.1. The summed E-state index contributed by atoms with van der Waals surface area (Å²) in [5.74, 6) is 0.699. The van der Waals surface area contributed by atoms with E-state index in [0.29, 0.717) is 50.4 Å². The number of amides is 2. The van der Waals surface area contributed by atoms with Crippen LogP contribution in [0.3, 0.4) is 0 Å². The van der Waals surface area contributed by atoms with E-state index in [-0.39, 0.29) is 11.8 Å². The van der Waals surface area contributed by atoms with Crippen LogP contribution in [0.5, 0.6) is 0 Å². The van der Waals surface area contributed by atoms with E-state index < -0.39 is 0 Å². The molecule has 3 rings (SSSR count). The molecule has 0 aromatic carbocycles. The van der Waals surface area contributed by atoms with E-state index in [1.165, 1.54) is 19.0 Å². The first-order valence-corrected chi connectivity index (χ1v) is 8.78. The van der Waals surface area contributed by atoms with Gasteiger partial charge in [-0.1, -0.05) is 19.8 Å². The Labute approximate surface area is 142 Å². The smallest absolute Gasteiger partial charge is 0.276 e. The lowest BCUT2D eigenvalue weighted by Crippen LogP contribution is -2.52. The molecule has 2 amide bonds. The molecule has 132 valence electrons. The zero-order valence-corrected chi connectivity index (χ0v) is 14.2. The standard InChI is InChI=1S/C16H26N6O2/c1-12-3-2-4-13(9-12)18-15(23)11-21-5-7-22(8-6-21)16(24)14-10-17-20-19-14/h10,12-13H,2-9,11H2,1H3,(H,18,23)(H,17,19,20)/t12-,13+/m1/s1. The Hall–Kier alpha value is -1.96. The fourth-order valence-electron chi connectivity index (χ4n) is 3.62. The topological polar surface area (TPSA) is 94.2 Å². The maximum atomic E-state index is 12.2. The third-order valence-corrected chi connectivity index (χ3v) is 4.96. The van der Waals surface area contributed by atoms with Gasteiger partial charge in [-0.25, -0.2) is 0 Å². The van der Waals surface area contributed by atoms with Gasteiger partial charge in [0.2, 0.25) is 5.91 Å². The number of carbonyl (C=O) groups is 2. The van der Waals surface area contributed by atoms with Crippen molar-refractivity contribution in [3.05, 3.63) is 11.9 Å². The molecule has 1 aromatic heterocycles. The SMILES string of the molecule is C[C@@H]1CCC[C@H](NC(=O)CN2CCN(C(=O)c3cn[nH]n3)CC2)C1. The highest BCUT2D eigenvalue weighted by atomic mass is 16.2. The van der Waals surface area contributed by atoms with Crippen molar-refractivity contribution < 1.29 is 9.59 Å². The van der Waals surface area contributed by atoms with Gasteiger partial charge in [0.05, 0.1) is 12.7 Å². The molecule has 24 heavy (non-hydrogen) atoms. The summed E-state index contributed by atoms with van der Waals surface area (Å²) in [4.78, 5) is 28.3. The largest absolute Gasteiger partial charge is 0.352 e. The van der Waals surface area contributed by atoms with E-state index in [4.69, 9.17) is 0 Å². The lowest BCUT2D eigenvalue weighted by molar-refractivity contribution is -0.123. The van der Waals surface area contributed by atoms with Crippen LogP contribution in [-0.2, 0) is 4.79 Å². The van der Waals surface area contributed by atoms with Crippen LogP contribution >= 0.6 is 0 Å². The summed E-state index contributed by atoms with van der Waals surface area (Å²) in [5.41, 5.74) is 0.340. The number of nitrogens with zero attached hydrogens (tertiary/aromatic N) is 4. The van der Waals surface area contributed by atoms with Gasteiger partial charge in [0, 0.05) is 32.2 Å². The van der Waals surface area contributed by atoms with Gasteiger partial charge in [0.15, 0.2) is 5.69 Å². The molecule has 8 nitrogen and oxygen atoms in total. The van der Waals surface area contributed by atoms with E-state index in [1.54, 1.807) is 4.90 Å². The second-order valence-electron chi connectivity index (χ2n) is 6.96. The number of aromatic amines is 1. The van der Waals surface area contributed by atoms with Crippen molar-refractivity contribution in [3.63, 3.8) is 0 Å². The number of piperazine rings is 1. The summed E-state index contributed by atoms with van der Waals surface area (Å²) >= 11 is 0. The number of aromatic nitrogens is 3. The summed E-state index contributed by atoms with van der Waals surface area (Å²) < 4.78 is 0. The number of hydrogen-bond donors (Lipinski definition) is 2. The predicted molar refractivity (Wildman–Crippen MR) is 88.3 cm³/mol. The minimum atomic E-state index is -0.107. The Balaban J connectivity index is 1.40. The van der Waals surface area contributed by atoms with Gasteiger partial charge in [0.1, 0.15) is 0 Å². The lowest BCUT2D eigenvalue weighted by Gasteiger charge is -2.34. The first-order valence-electron chi connectivity index (χ1n) is 8.78. The van der Waals surface area contributed by atoms with E-state index in [2.05, 4.69) is 32.6 Å². The number of H-pyrrole nitrogens is 1. The third-order valence-electron chi connectivity index (χ3n) is 4.96. The Morgan fingerprint density at radius 2 is 2.08 bits per heavy atom. The highest BCUT2D eigenvalue weighted by Crippen LogP contribution is 2.23. The molecule has 2 fully saturated rings. The van der Waals surface area contributed by atoms with Crippen molar-refractivity contribution in [2.75, 3.05) is 32.7 Å².